The van der Waals surface area contributed by atoms with Crippen LogP contribution in [0.25, 0.3) is 0 Å². The number of aliphatic carboxylic acids is 3. The Bertz CT molecular complexity index is 2260. The summed E-state index contributed by atoms with van der Waals surface area (Å²) in [6.07, 6.45) is -0.257. The Morgan fingerprint density at radius 1 is 0.581 bits per heavy atom. The van der Waals surface area contributed by atoms with E-state index >= 15 is 0 Å². The fraction of sp³-hybridized carbons (Fsp3) is 0.568. The molecule has 4 aliphatic rings. The molecule has 4 aliphatic heterocycles. The van der Waals surface area contributed by atoms with Crippen molar-refractivity contribution in [2.24, 2.45) is 0 Å². The normalized spacial score (nSPS) is 21.6. The molecular formula is C44H61BiN10O19. The Balaban J connectivity index is 0.000000276. The molecule has 0 radical (unpaired) electrons. The summed E-state index contributed by atoms with van der Waals surface area (Å²) in [7, 11) is 2.91. The number of rotatable bonds is 14. The van der Waals surface area contributed by atoms with Crippen LogP contribution >= 0.6 is 0 Å². The fourth-order valence-electron chi connectivity index (χ4n) is 8.51. The molecule has 0 amide bonds. The third kappa shape index (κ3) is 18.7. The van der Waals surface area contributed by atoms with E-state index in [-0.39, 0.29) is 114 Å². The number of nitro benzene ring substituents is 2. The average molecular weight is 1240 g/mol. The fourth-order valence-corrected chi connectivity index (χ4v) is 11.6. The van der Waals surface area contributed by atoms with Crippen LogP contribution in [0.1, 0.15) is 22.2 Å². The van der Waals surface area contributed by atoms with Gasteiger partial charge in [-0.25, -0.2) is 0 Å². The van der Waals surface area contributed by atoms with Gasteiger partial charge in [-0.05, 0) is 12.1 Å². The number of carboxylic acid groups (broad SMARTS) is 3. The number of fused-ring (bicyclic) bond motifs is 7. The number of carbonyl (C=O) groups excluding carboxylic acids is 4. The molecule has 406 valence electrons. The van der Waals surface area contributed by atoms with E-state index in [1.165, 1.54) is 32.4 Å². The van der Waals surface area contributed by atoms with Gasteiger partial charge in [0.05, 0.1) is 24.6 Å². The summed E-state index contributed by atoms with van der Waals surface area (Å²) in [5.74, 6) is -5.04. The number of anilines is 2. The molecule has 4 saturated heterocycles. The minimum atomic E-state index is -4.13. The van der Waals surface area contributed by atoms with Gasteiger partial charge in [0.1, 0.15) is 12.0 Å². The van der Waals surface area contributed by atoms with Gasteiger partial charge in [0.2, 0.25) is 0 Å². The number of hydrogen-bond acceptors (Lipinski definition) is 24. The van der Waals surface area contributed by atoms with Crippen molar-refractivity contribution in [3.63, 3.8) is 0 Å². The molecule has 6 rings (SSSR count). The van der Waals surface area contributed by atoms with Crippen molar-refractivity contribution in [2.75, 3.05) is 168 Å². The quantitative estimate of drug-likeness (QED) is 0.0647. The molecule has 2 aromatic carbocycles. The van der Waals surface area contributed by atoms with Crippen LogP contribution in [0.5, 0.6) is 0 Å². The van der Waals surface area contributed by atoms with Crippen molar-refractivity contribution < 1.29 is 76.6 Å². The summed E-state index contributed by atoms with van der Waals surface area (Å²) < 4.78 is 26.6. The number of hydrogen-bond donors (Lipinski definition) is 3. The van der Waals surface area contributed by atoms with Crippen LogP contribution in [0.3, 0.4) is 0 Å². The topological polar surface area (TPSA) is 339 Å². The monoisotopic (exact) mass is 1240 g/mol. The van der Waals surface area contributed by atoms with E-state index in [1.807, 2.05) is 19.6 Å². The zero-order valence-corrected chi connectivity index (χ0v) is 44.4. The predicted octanol–water partition coefficient (Wildman–Crippen LogP) is -1.36. The number of nitrogens with zero attached hydrogens (tertiary/aromatic N) is 10. The molecule has 0 aromatic heterocycles. The van der Waals surface area contributed by atoms with Crippen LogP contribution in [0.4, 0.5) is 22.7 Å². The van der Waals surface area contributed by atoms with Gasteiger partial charge in [-0.2, -0.15) is 0 Å². The van der Waals surface area contributed by atoms with Crippen LogP contribution in [0.2, 0.25) is 0 Å². The first-order chi connectivity index (χ1) is 35.3. The summed E-state index contributed by atoms with van der Waals surface area (Å²) in [6.45, 7) is 4.08. The number of aldehydes is 1. The molecular weight excluding hydrogens is 1180 g/mol. The Morgan fingerprint density at radius 3 is 1.27 bits per heavy atom. The molecule has 2 aromatic rings. The van der Waals surface area contributed by atoms with Crippen LogP contribution in [-0.4, -0.2) is 278 Å². The van der Waals surface area contributed by atoms with Crippen LogP contribution in [-0.2, 0) is 46.7 Å². The van der Waals surface area contributed by atoms with E-state index in [0.29, 0.717) is 69.9 Å². The van der Waals surface area contributed by atoms with E-state index in [0.717, 1.165) is 6.07 Å². The van der Waals surface area contributed by atoms with E-state index in [1.54, 1.807) is 31.7 Å². The maximum Gasteiger partial charge on any atom is 0.317 e. The average Bonchev–Trinajstić information content (AvgIpc) is 3.37. The van der Waals surface area contributed by atoms with Crippen molar-refractivity contribution in [2.45, 2.75) is 6.29 Å². The number of carboxylic acids is 3. The molecule has 2 atom stereocenters. The predicted molar refractivity (Wildman–Crippen MR) is 258 cm³/mol. The standard InChI is InChI=1S/C23H35N5O10.C21H29N5O9.Bi/c1-37-23(38-2)17-3-4-18(19(13-17)28(35)36)27-11-9-25(15-21(31)32)7-5-24(14-20(29)30)6-8-26(10-12-27)16-22(33)34;27-15-16-1-2-17(18(11-16)26(34)35)25-9-7-23(13-20(30)31)5-3-22(12-19(28)29)4-6-24(8-10-25)14-21(32)33;/h3-4,13,23H,5-12,14-16H2,1-2H3,(H,29,30)(H,31,32)(H,33,34);1-2,11,15H,3-10,12-14H2,(H,28,29)(H,30,31)(H,32,33);/q;;+3/p-3. The molecule has 74 heavy (non-hydrogen) atoms. The van der Waals surface area contributed by atoms with Crippen LogP contribution < -0.4 is 9.80 Å². The largest absolute Gasteiger partial charge is 0.480 e. The molecule has 29 nitrogen and oxygen atoms in total. The van der Waals surface area contributed by atoms with Crippen molar-refractivity contribution in [3.05, 3.63) is 67.8 Å². The minimum absolute atomic E-state index is 0.00275. The second-order valence-electron chi connectivity index (χ2n) is 17.4. The van der Waals surface area contributed by atoms with Crippen LogP contribution in [0, 0.1) is 20.2 Å². The third-order valence-electron chi connectivity index (χ3n) is 12.2. The van der Waals surface area contributed by atoms with Gasteiger partial charge in [-0.1, -0.05) is 0 Å². The second-order valence-corrected chi connectivity index (χ2v) is 21.2. The smallest absolute Gasteiger partial charge is 0.317 e. The van der Waals surface area contributed by atoms with Crippen molar-refractivity contribution in [1.29, 1.82) is 0 Å². The Labute approximate surface area is 434 Å². The van der Waals surface area contributed by atoms with Crippen molar-refractivity contribution in [1.82, 2.24) is 29.4 Å². The molecule has 4 bridgehead atoms. The van der Waals surface area contributed by atoms with E-state index in [4.69, 9.17) is 17.9 Å². The van der Waals surface area contributed by atoms with Gasteiger partial charge < -0.3 is 29.7 Å². The SMILES string of the molecule is COC(OC)c1ccc(N2CCN3CCN4CCN(CC2)CC(=O)[O][Bi]([O]C(=O)C4)[O]C(=O)C3)c([N+](=O)[O-])c1.O=Cc1ccc(N2CCN(CC(=O)O)CCN(CC(=O)O)CCN(CC(=O)O)CC2)c([N+](=O)[O-])c1. The first kappa shape index (κ1) is 58.8. The second kappa shape index (κ2) is 29.1. The van der Waals surface area contributed by atoms with Gasteiger partial charge in [-0.15, -0.1) is 0 Å². The van der Waals surface area contributed by atoms with E-state index < -0.39 is 75.0 Å². The number of nitro groups is 2. The van der Waals surface area contributed by atoms with Gasteiger partial charge in [0.25, 0.3) is 5.69 Å². The van der Waals surface area contributed by atoms with Crippen LogP contribution in [0.15, 0.2) is 36.4 Å². The van der Waals surface area contributed by atoms with Gasteiger partial charge in [0, 0.05) is 78.2 Å². The molecule has 4 heterocycles. The van der Waals surface area contributed by atoms with E-state index in [9.17, 15) is 69.1 Å². The molecule has 4 fully saturated rings. The summed E-state index contributed by atoms with van der Waals surface area (Å²) in [5, 5.41) is 51.6. The number of carbonyl (C=O) groups is 7. The Morgan fingerprint density at radius 2 is 0.919 bits per heavy atom. The van der Waals surface area contributed by atoms with Gasteiger partial charge in [0.15, 0.2) is 0 Å². The van der Waals surface area contributed by atoms with Gasteiger partial charge >= 0.3 is 230 Å². The number of methoxy groups -OCH3 is 2. The zero-order chi connectivity index (χ0) is 53.9. The van der Waals surface area contributed by atoms with Gasteiger partial charge in [-0.3, -0.25) is 44.0 Å². The molecule has 0 saturated carbocycles. The molecule has 0 spiro atoms. The third-order valence-corrected chi connectivity index (χ3v) is 16.4. The summed E-state index contributed by atoms with van der Waals surface area (Å²) in [4.78, 5) is 120. The Kier molecular flexibility index (Phi) is 23.1. The van der Waals surface area contributed by atoms with E-state index in [2.05, 4.69) is 0 Å². The summed E-state index contributed by atoms with van der Waals surface area (Å²) in [6, 6.07) is 8.87. The van der Waals surface area contributed by atoms with Crippen molar-refractivity contribution in [3.8, 4) is 0 Å². The first-order valence-electron chi connectivity index (χ1n) is 23.3. The number of ether oxygens (including phenoxy) is 2. The first-order valence-corrected chi connectivity index (χ1v) is 27.6. The maximum atomic E-state index is 12.7. The summed E-state index contributed by atoms with van der Waals surface area (Å²) >= 11 is -4.13. The minimum Gasteiger partial charge on any atom is -0.480 e. The number of benzene rings is 2. The molecule has 3 N–H and O–H groups in total. The molecule has 2 unspecified atom stereocenters. The summed E-state index contributed by atoms with van der Waals surface area (Å²) in [5.41, 5.74) is 0.871. The molecule has 30 heteroatoms. The molecule has 0 aliphatic carbocycles. The van der Waals surface area contributed by atoms with Crippen molar-refractivity contribution >= 4 is 87.9 Å². The Hall–Kier alpha value is -6.11. The maximum absolute atomic E-state index is 12.7. The zero-order valence-electron chi connectivity index (χ0n) is 41.0.